The van der Waals surface area contributed by atoms with Gasteiger partial charge in [-0.3, -0.25) is 14.5 Å². The highest BCUT2D eigenvalue weighted by Crippen LogP contribution is 2.33. The first kappa shape index (κ1) is 29.6. The number of amides is 2. The maximum absolute atomic E-state index is 13.8. The molecule has 1 fully saturated rings. The molecule has 7 nitrogen and oxygen atoms in total. The number of carbonyl (C=O) groups excluding carboxylic acids is 3. The second kappa shape index (κ2) is 12.5. The molecule has 0 spiro atoms. The Morgan fingerprint density at radius 1 is 1.19 bits per heavy atom. The Kier molecular flexibility index (Phi) is 10.3. The number of nitrogens with zero attached hydrogens (tertiary/aromatic N) is 2. The van der Waals surface area contributed by atoms with E-state index >= 15 is 0 Å². The summed E-state index contributed by atoms with van der Waals surface area (Å²) in [5, 5.41) is 3.12. The zero-order valence-corrected chi connectivity index (χ0v) is 23.5. The van der Waals surface area contributed by atoms with Gasteiger partial charge < -0.3 is 15.0 Å². The fraction of sp³-hybridized carbons (Fsp3) is 0.621. The van der Waals surface area contributed by atoms with E-state index in [1.54, 1.807) is 31.9 Å². The van der Waals surface area contributed by atoms with E-state index in [0.717, 1.165) is 18.5 Å². The van der Waals surface area contributed by atoms with E-state index in [4.69, 9.17) is 4.74 Å². The summed E-state index contributed by atoms with van der Waals surface area (Å²) in [5.74, 6) is -0.573. The molecule has 0 bridgehead atoms. The fourth-order valence-electron chi connectivity index (χ4n) is 4.93. The van der Waals surface area contributed by atoms with Gasteiger partial charge >= 0.3 is 5.97 Å². The summed E-state index contributed by atoms with van der Waals surface area (Å²) in [6, 6.07) is 8.71. The van der Waals surface area contributed by atoms with Crippen LogP contribution in [0.25, 0.3) is 0 Å². The summed E-state index contributed by atoms with van der Waals surface area (Å²) in [6.07, 6.45) is 2.68. The standard InChI is InChI=1S/C29H45N3O4/c1-10-36-28(35)20(4)18-23(19(2)3)32(9)27(34)25(29(5,6)7)30-26(33)24-22(16-17-31(24)8)21-14-12-11-13-15-21/h11-15,18-19,22-25H,10,16-17H2,1-9H3,(H,30,33)/b20-18+/t22-,23-,24+,25-/m1/s1. The molecule has 200 valence electrons. The van der Waals surface area contributed by atoms with Crippen LogP contribution >= 0.6 is 0 Å². The summed E-state index contributed by atoms with van der Waals surface area (Å²) in [5.41, 5.74) is 1.09. The maximum Gasteiger partial charge on any atom is 0.333 e. The minimum atomic E-state index is -0.724. The number of likely N-dealkylation sites (tertiary alicyclic amines) is 1. The molecule has 1 N–H and O–H groups in total. The molecule has 1 aliphatic heterocycles. The van der Waals surface area contributed by atoms with Crippen LogP contribution in [0.4, 0.5) is 0 Å². The first-order chi connectivity index (χ1) is 16.8. The van der Waals surface area contributed by atoms with Gasteiger partial charge in [-0.2, -0.15) is 0 Å². The number of esters is 1. The Hall–Kier alpha value is -2.67. The summed E-state index contributed by atoms with van der Waals surface area (Å²) >= 11 is 0. The van der Waals surface area contributed by atoms with Crippen molar-refractivity contribution in [1.82, 2.24) is 15.1 Å². The van der Waals surface area contributed by atoms with Crippen molar-refractivity contribution in [3.05, 3.63) is 47.5 Å². The van der Waals surface area contributed by atoms with Gasteiger partial charge in [0.15, 0.2) is 0 Å². The van der Waals surface area contributed by atoms with E-state index in [1.807, 2.05) is 59.9 Å². The van der Waals surface area contributed by atoms with Gasteiger partial charge in [-0.1, -0.05) is 71.0 Å². The molecule has 1 aromatic carbocycles. The van der Waals surface area contributed by atoms with Gasteiger partial charge in [0.2, 0.25) is 11.8 Å². The lowest BCUT2D eigenvalue weighted by atomic mass is 9.84. The molecule has 0 aliphatic carbocycles. The average Bonchev–Trinajstić information content (AvgIpc) is 3.21. The van der Waals surface area contributed by atoms with Crippen LogP contribution in [-0.4, -0.2) is 73.0 Å². The molecule has 1 aromatic rings. The van der Waals surface area contributed by atoms with Gasteiger partial charge in [0.05, 0.1) is 18.7 Å². The molecule has 0 aromatic heterocycles. The SMILES string of the molecule is CCOC(=O)/C(C)=C/[C@H](C(C)C)N(C)C(=O)[C@@H](NC(=O)[C@@H]1[C@@H](c2ccccc2)CCN1C)C(C)(C)C. The molecular weight excluding hydrogens is 454 g/mol. The summed E-state index contributed by atoms with van der Waals surface area (Å²) in [4.78, 5) is 43.4. The molecule has 4 atom stereocenters. The highest BCUT2D eigenvalue weighted by Gasteiger charge is 2.42. The Morgan fingerprint density at radius 3 is 2.33 bits per heavy atom. The van der Waals surface area contributed by atoms with Crippen molar-refractivity contribution in [2.24, 2.45) is 11.3 Å². The molecule has 0 unspecified atom stereocenters. The lowest BCUT2D eigenvalue weighted by Gasteiger charge is -2.38. The molecule has 7 heteroatoms. The third-order valence-corrected chi connectivity index (χ3v) is 7.04. The first-order valence-electron chi connectivity index (χ1n) is 13.0. The average molecular weight is 500 g/mol. The van der Waals surface area contributed by atoms with E-state index in [0.29, 0.717) is 12.2 Å². The quantitative estimate of drug-likeness (QED) is 0.410. The molecule has 36 heavy (non-hydrogen) atoms. The van der Waals surface area contributed by atoms with Crippen molar-refractivity contribution in [2.45, 2.75) is 78.9 Å². The van der Waals surface area contributed by atoms with E-state index in [9.17, 15) is 14.4 Å². The molecule has 2 rings (SSSR count). The normalized spacial score (nSPS) is 20.7. The second-order valence-corrected chi connectivity index (χ2v) is 11.3. The summed E-state index contributed by atoms with van der Waals surface area (Å²) in [7, 11) is 3.70. The molecular formula is C29H45N3O4. The van der Waals surface area contributed by atoms with Crippen LogP contribution in [0, 0.1) is 11.3 Å². The van der Waals surface area contributed by atoms with E-state index in [2.05, 4.69) is 22.3 Å². The van der Waals surface area contributed by atoms with Gasteiger partial charge in [-0.25, -0.2) is 4.79 Å². The Bertz CT molecular complexity index is 936. The van der Waals surface area contributed by atoms with Gasteiger partial charge in [-0.05, 0) is 50.8 Å². The fourth-order valence-corrected chi connectivity index (χ4v) is 4.93. The highest BCUT2D eigenvalue weighted by molar-refractivity contribution is 5.91. The number of nitrogens with one attached hydrogen (secondary N) is 1. The van der Waals surface area contributed by atoms with Crippen LogP contribution in [0.15, 0.2) is 42.0 Å². The smallest absolute Gasteiger partial charge is 0.333 e. The van der Waals surface area contributed by atoms with Gasteiger partial charge in [0, 0.05) is 18.5 Å². The van der Waals surface area contributed by atoms with Crippen LogP contribution in [-0.2, 0) is 19.1 Å². The van der Waals surface area contributed by atoms with Gasteiger partial charge in [0.25, 0.3) is 0 Å². The number of carbonyl (C=O) groups is 3. The second-order valence-electron chi connectivity index (χ2n) is 11.3. The summed E-state index contributed by atoms with van der Waals surface area (Å²) < 4.78 is 5.12. The number of ether oxygens (including phenoxy) is 1. The van der Waals surface area contributed by atoms with Crippen LogP contribution in [0.2, 0.25) is 0 Å². The number of hydrogen-bond donors (Lipinski definition) is 1. The lowest BCUT2D eigenvalue weighted by molar-refractivity contribution is -0.141. The molecule has 1 aliphatic rings. The van der Waals surface area contributed by atoms with E-state index in [1.165, 1.54) is 0 Å². The van der Waals surface area contributed by atoms with Gasteiger partial charge in [0.1, 0.15) is 6.04 Å². The number of rotatable bonds is 9. The van der Waals surface area contributed by atoms with Crippen LogP contribution in [0.5, 0.6) is 0 Å². The highest BCUT2D eigenvalue weighted by atomic mass is 16.5. The van der Waals surface area contributed by atoms with Crippen molar-refractivity contribution in [3.8, 4) is 0 Å². The monoisotopic (exact) mass is 499 g/mol. The number of likely N-dealkylation sites (N-methyl/N-ethyl adjacent to an activating group) is 2. The number of hydrogen-bond acceptors (Lipinski definition) is 5. The van der Waals surface area contributed by atoms with Crippen molar-refractivity contribution >= 4 is 17.8 Å². The van der Waals surface area contributed by atoms with Crippen molar-refractivity contribution < 1.29 is 19.1 Å². The lowest BCUT2D eigenvalue weighted by Crippen LogP contribution is -2.59. The summed E-state index contributed by atoms with van der Waals surface area (Å²) in [6.45, 7) is 14.5. The minimum Gasteiger partial charge on any atom is -0.463 e. The zero-order valence-electron chi connectivity index (χ0n) is 23.5. The Labute approximate surface area is 217 Å². The molecule has 0 radical (unpaired) electrons. The molecule has 0 saturated carbocycles. The Morgan fingerprint density at radius 2 is 1.81 bits per heavy atom. The Balaban J connectivity index is 2.30. The number of benzene rings is 1. The van der Waals surface area contributed by atoms with E-state index in [-0.39, 0.29) is 41.7 Å². The molecule has 1 heterocycles. The van der Waals surface area contributed by atoms with Gasteiger partial charge in [-0.15, -0.1) is 0 Å². The van der Waals surface area contributed by atoms with Crippen LogP contribution < -0.4 is 5.32 Å². The third-order valence-electron chi connectivity index (χ3n) is 7.04. The van der Waals surface area contributed by atoms with Crippen LogP contribution in [0.3, 0.4) is 0 Å². The van der Waals surface area contributed by atoms with Crippen molar-refractivity contribution in [2.75, 3.05) is 27.2 Å². The predicted octanol–water partition coefficient (Wildman–Crippen LogP) is 4.00. The first-order valence-corrected chi connectivity index (χ1v) is 13.0. The van der Waals surface area contributed by atoms with Crippen molar-refractivity contribution in [1.29, 1.82) is 0 Å². The predicted molar refractivity (Wildman–Crippen MR) is 143 cm³/mol. The van der Waals surface area contributed by atoms with E-state index < -0.39 is 11.5 Å². The third kappa shape index (κ3) is 7.19. The van der Waals surface area contributed by atoms with Crippen molar-refractivity contribution in [3.63, 3.8) is 0 Å². The maximum atomic E-state index is 13.8. The van der Waals surface area contributed by atoms with Crippen LogP contribution in [0.1, 0.15) is 66.4 Å². The molecule has 1 saturated heterocycles. The topological polar surface area (TPSA) is 79.0 Å². The minimum absolute atomic E-state index is 0.0584. The zero-order chi connectivity index (χ0) is 27.2. The molecule has 2 amide bonds. The largest absolute Gasteiger partial charge is 0.463 e.